The van der Waals surface area contributed by atoms with E-state index in [1.807, 2.05) is 17.5 Å². The number of nitrogens with zero attached hydrogens (tertiary/aromatic N) is 1. The van der Waals surface area contributed by atoms with Gasteiger partial charge in [-0.25, -0.2) is 9.79 Å². The van der Waals surface area contributed by atoms with Crippen LogP contribution in [-0.4, -0.2) is 23.9 Å². The second kappa shape index (κ2) is 12.7. The number of ether oxygens (including phenoxy) is 2. The van der Waals surface area contributed by atoms with Crippen LogP contribution < -0.4 is 9.47 Å². The van der Waals surface area contributed by atoms with E-state index in [0.717, 1.165) is 17.2 Å². The Morgan fingerprint density at radius 3 is 2.47 bits per heavy atom. The zero-order valence-electron chi connectivity index (χ0n) is 18.3. The van der Waals surface area contributed by atoms with Gasteiger partial charge in [-0.1, -0.05) is 39.0 Å². The van der Waals surface area contributed by atoms with E-state index < -0.39 is 5.97 Å². The van der Waals surface area contributed by atoms with Gasteiger partial charge in [-0.05, 0) is 60.3 Å². The first-order valence-corrected chi connectivity index (χ1v) is 11.9. The second-order valence-electron chi connectivity index (χ2n) is 7.46. The third-order valence-electron chi connectivity index (χ3n) is 4.91. The van der Waals surface area contributed by atoms with Gasteiger partial charge in [0.15, 0.2) is 0 Å². The lowest BCUT2D eigenvalue weighted by Gasteiger charge is -2.08. The van der Waals surface area contributed by atoms with Gasteiger partial charge in [0.1, 0.15) is 22.2 Å². The lowest BCUT2D eigenvalue weighted by Crippen LogP contribution is -2.08. The highest BCUT2D eigenvalue weighted by Crippen LogP contribution is 2.25. The first-order chi connectivity index (χ1) is 15.7. The summed E-state index contributed by atoms with van der Waals surface area (Å²) >= 11 is 1.51. The van der Waals surface area contributed by atoms with E-state index in [9.17, 15) is 9.90 Å². The Morgan fingerprint density at radius 2 is 1.75 bits per heavy atom. The van der Waals surface area contributed by atoms with Crippen LogP contribution >= 0.6 is 11.3 Å². The predicted octanol–water partition coefficient (Wildman–Crippen LogP) is 7.16. The van der Waals surface area contributed by atoms with Gasteiger partial charge in [0, 0.05) is 17.8 Å². The molecule has 1 aromatic heterocycles. The topological polar surface area (TPSA) is 68.1 Å². The molecule has 0 bridgehead atoms. The second-order valence-corrected chi connectivity index (χ2v) is 8.39. The van der Waals surface area contributed by atoms with E-state index in [1.54, 1.807) is 42.6 Å². The van der Waals surface area contributed by atoms with Crippen molar-refractivity contribution in [3.8, 4) is 17.2 Å². The Kier molecular flexibility index (Phi) is 9.32. The molecule has 0 fully saturated rings. The first-order valence-electron chi connectivity index (χ1n) is 11.0. The van der Waals surface area contributed by atoms with Gasteiger partial charge < -0.3 is 14.6 Å². The largest absolute Gasteiger partial charge is 0.507 e. The third kappa shape index (κ3) is 7.54. The predicted molar refractivity (Wildman–Crippen MR) is 130 cm³/mol. The minimum atomic E-state index is -0.494. The number of carbonyl (C=O) groups is 1. The molecule has 0 aliphatic heterocycles. The van der Waals surface area contributed by atoms with Crippen LogP contribution in [-0.2, 0) is 0 Å². The van der Waals surface area contributed by atoms with E-state index in [0.29, 0.717) is 17.7 Å². The Hall–Kier alpha value is -3.12. The Labute approximate surface area is 193 Å². The summed E-state index contributed by atoms with van der Waals surface area (Å²) in [6.07, 6.45) is 8.88. The summed E-state index contributed by atoms with van der Waals surface area (Å²) in [5.41, 5.74) is 0.963. The number of unbranched alkanes of at least 4 members (excludes halogenated alkanes) is 5. The molecule has 0 aliphatic rings. The van der Waals surface area contributed by atoms with Crippen molar-refractivity contribution >= 4 is 28.5 Å². The lowest BCUT2D eigenvalue weighted by atomic mass is 10.1. The van der Waals surface area contributed by atoms with E-state index in [1.165, 1.54) is 49.5 Å². The minimum Gasteiger partial charge on any atom is -0.507 e. The van der Waals surface area contributed by atoms with Crippen molar-refractivity contribution in [1.29, 1.82) is 0 Å². The number of phenolic OH excluding ortho intramolecular Hbond substituents is 1. The van der Waals surface area contributed by atoms with E-state index >= 15 is 0 Å². The summed E-state index contributed by atoms with van der Waals surface area (Å²) in [6, 6.07) is 15.4. The lowest BCUT2D eigenvalue weighted by molar-refractivity contribution is 0.0734. The summed E-state index contributed by atoms with van der Waals surface area (Å²) in [7, 11) is 0. The quantitative estimate of drug-likeness (QED) is 0.137. The molecule has 0 aliphatic carbocycles. The van der Waals surface area contributed by atoms with Crippen LogP contribution in [0.5, 0.6) is 17.2 Å². The molecule has 0 amide bonds. The SMILES string of the molecule is CCCCCCCCOc1ccc(C(=O)Oc2ccc(/C=N/c3cccs3)c(O)c2)cc1. The number of hydrogen-bond donors (Lipinski definition) is 1. The van der Waals surface area contributed by atoms with Gasteiger partial charge in [-0.15, -0.1) is 11.3 Å². The van der Waals surface area contributed by atoms with E-state index in [2.05, 4.69) is 11.9 Å². The fourth-order valence-corrected chi connectivity index (χ4v) is 3.67. The number of thiophene rings is 1. The molecule has 0 spiro atoms. The monoisotopic (exact) mass is 451 g/mol. The molecule has 1 heterocycles. The highest BCUT2D eigenvalue weighted by molar-refractivity contribution is 7.13. The number of aliphatic imine (C=N–C) groups is 1. The zero-order chi connectivity index (χ0) is 22.6. The Balaban J connectivity index is 1.47. The van der Waals surface area contributed by atoms with Crippen LogP contribution in [0.4, 0.5) is 5.00 Å². The fourth-order valence-electron chi connectivity index (χ4n) is 3.10. The molecule has 0 saturated heterocycles. The summed E-state index contributed by atoms with van der Waals surface area (Å²) in [4.78, 5) is 16.7. The maximum absolute atomic E-state index is 12.4. The van der Waals surface area contributed by atoms with Gasteiger partial charge in [0.05, 0.1) is 12.2 Å². The van der Waals surface area contributed by atoms with Crippen LogP contribution in [0.15, 0.2) is 65.0 Å². The van der Waals surface area contributed by atoms with Crippen molar-refractivity contribution in [2.75, 3.05) is 6.61 Å². The van der Waals surface area contributed by atoms with Gasteiger partial charge in [-0.3, -0.25) is 0 Å². The smallest absolute Gasteiger partial charge is 0.343 e. The molecule has 168 valence electrons. The maximum atomic E-state index is 12.4. The Bertz CT molecular complexity index is 997. The number of esters is 1. The molecule has 0 atom stereocenters. The van der Waals surface area contributed by atoms with Crippen molar-refractivity contribution in [3.05, 3.63) is 71.1 Å². The van der Waals surface area contributed by atoms with Crippen LogP contribution in [0.3, 0.4) is 0 Å². The summed E-state index contributed by atoms with van der Waals surface area (Å²) in [5, 5.41) is 13.0. The molecule has 2 aromatic carbocycles. The van der Waals surface area contributed by atoms with Gasteiger partial charge in [0.2, 0.25) is 0 Å². The minimum absolute atomic E-state index is 0.00551. The highest BCUT2D eigenvalue weighted by Gasteiger charge is 2.10. The van der Waals surface area contributed by atoms with E-state index in [4.69, 9.17) is 9.47 Å². The Morgan fingerprint density at radius 1 is 1.00 bits per heavy atom. The summed E-state index contributed by atoms with van der Waals surface area (Å²) in [6.45, 7) is 2.89. The average molecular weight is 452 g/mol. The molecule has 0 radical (unpaired) electrons. The fraction of sp³-hybridized carbons (Fsp3) is 0.308. The van der Waals surface area contributed by atoms with Crippen LogP contribution in [0, 0.1) is 0 Å². The summed E-state index contributed by atoms with van der Waals surface area (Å²) in [5.74, 6) is 0.507. The molecule has 5 nitrogen and oxygen atoms in total. The molecular formula is C26H29NO4S. The molecule has 3 aromatic rings. The third-order valence-corrected chi connectivity index (χ3v) is 5.68. The maximum Gasteiger partial charge on any atom is 0.343 e. The van der Waals surface area contributed by atoms with Crippen molar-refractivity contribution in [2.24, 2.45) is 4.99 Å². The standard InChI is InChI=1S/C26H29NO4S/c1-2-3-4-5-6-7-16-30-22-13-10-20(11-14-22)26(29)31-23-15-12-21(24(28)18-23)19-27-25-9-8-17-32-25/h8-15,17-19,28H,2-7,16H2,1H3/b27-19+. The highest BCUT2D eigenvalue weighted by atomic mass is 32.1. The van der Waals surface area contributed by atoms with Crippen molar-refractivity contribution in [1.82, 2.24) is 0 Å². The van der Waals surface area contributed by atoms with Gasteiger partial charge >= 0.3 is 5.97 Å². The first kappa shape index (κ1) is 23.5. The number of rotatable bonds is 12. The van der Waals surface area contributed by atoms with Crippen molar-refractivity contribution in [3.63, 3.8) is 0 Å². The zero-order valence-corrected chi connectivity index (χ0v) is 19.1. The van der Waals surface area contributed by atoms with Crippen LogP contribution in [0.2, 0.25) is 0 Å². The van der Waals surface area contributed by atoms with Crippen molar-refractivity contribution in [2.45, 2.75) is 45.4 Å². The molecule has 32 heavy (non-hydrogen) atoms. The van der Waals surface area contributed by atoms with Gasteiger partial charge in [-0.2, -0.15) is 0 Å². The average Bonchev–Trinajstić information content (AvgIpc) is 3.32. The van der Waals surface area contributed by atoms with Gasteiger partial charge in [0.25, 0.3) is 0 Å². The molecule has 0 unspecified atom stereocenters. The molecule has 6 heteroatoms. The molecular weight excluding hydrogens is 422 g/mol. The van der Waals surface area contributed by atoms with E-state index in [-0.39, 0.29) is 11.5 Å². The van der Waals surface area contributed by atoms with Crippen molar-refractivity contribution < 1.29 is 19.4 Å². The normalized spacial score (nSPS) is 11.0. The van der Waals surface area contributed by atoms with Crippen LogP contribution in [0.1, 0.15) is 61.4 Å². The number of carbonyl (C=O) groups excluding carboxylic acids is 1. The molecule has 3 rings (SSSR count). The number of hydrogen-bond acceptors (Lipinski definition) is 6. The molecule has 1 N–H and O–H groups in total. The number of aromatic hydroxyl groups is 1. The number of benzene rings is 2. The molecule has 0 saturated carbocycles. The van der Waals surface area contributed by atoms with Crippen LogP contribution in [0.25, 0.3) is 0 Å². The summed E-state index contributed by atoms with van der Waals surface area (Å²) < 4.78 is 11.1. The number of phenols is 1.